The van der Waals surface area contributed by atoms with Crippen LogP contribution in [0.4, 0.5) is 11.5 Å². The summed E-state index contributed by atoms with van der Waals surface area (Å²) in [4.78, 5) is 7.31. The Balaban J connectivity index is 1.01. The summed E-state index contributed by atoms with van der Waals surface area (Å²) >= 11 is 2.50. The molecule has 2 aromatic heterocycles. The first-order valence-electron chi connectivity index (χ1n) is 22.1. The maximum absolute atomic E-state index is 6.86. The number of fused-ring (bicyclic) bond motifs is 4. The van der Waals surface area contributed by atoms with Crippen molar-refractivity contribution < 1.29 is 24.1 Å². The van der Waals surface area contributed by atoms with Gasteiger partial charge in [-0.05, 0) is 34.2 Å². The molecule has 318 valence electrons. The second-order valence-corrected chi connectivity index (χ2v) is 18.6. The number of aromatic nitrogens is 3. The van der Waals surface area contributed by atoms with E-state index in [1.807, 2.05) is 12.3 Å². The molecule has 0 aliphatic carbocycles. The van der Waals surface area contributed by atoms with Crippen molar-refractivity contribution in [2.75, 3.05) is 4.90 Å². The third-order valence-corrected chi connectivity index (χ3v) is 13.4. The molecule has 0 saturated carbocycles. The number of nitrogens with zero attached hydrogens (tertiary/aromatic N) is 4. The van der Waals surface area contributed by atoms with Crippen molar-refractivity contribution in [1.82, 2.24) is 14.1 Å². The van der Waals surface area contributed by atoms with Crippen LogP contribution in [0.2, 0.25) is 0 Å². The van der Waals surface area contributed by atoms with Crippen molar-refractivity contribution in [2.45, 2.75) is 32.7 Å². The molecule has 0 atom stereocenters. The molecule has 3 heterocycles. The normalized spacial score (nSPS) is 12.2. The van der Waals surface area contributed by atoms with Crippen LogP contribution in [0.15, 0.2) is 212 Å². The molecule has 5 nitrogen and oxygen atoms in total. The molecule has 0 fully saturated rings. The van der Waals surface area contributed by atoms with Crippen molar-refractivity contribution in [3.63, 3.8) is 0 Å². The first-order valence-corrected chi connectivity index (χ1v) is 23.2. The van der Waals surface area contributed by atoms with Crippen LogP contribution in [0.5, 0.6) is 11.5 Å². The van der Waals surface area contributed by atoms with E-state index in [2.05, 4.69) is 254 Å². The monoisotopic (exact) mass is 1020 g/mol. The molecule has 0 unspecified atom stereocenters. The number of anilines is 2. The Morgan fingerprint density at radius 2 is 1.09 bits per heavy atom. The molecule has 0 spiro atoms. The van der Waals surface area contributed by atoms with Gasteiger partial charge in [0.05, 0.1) is 0 Å². The van der Waals surface area contributed by atoms with E-state index in [4.69, 9.17) is 9.72 Å². The summed E-state index contributed by atoms with van der Waals surface area (Å²) < 4.78 is 12.7. The fourth-order valence-electron chi connectivity index (χ4n) is 9.19. The fourth-order valence-corrected chi connectivity index (χ4v) is 10.3. The van der Waals surface area contributed by atoms with E-state index in [9.17, 15) is 0 Å². The molecule has 11 rings (SSSR count). The van der Waals surface area contributed by atoms with Crippen molar-refractivity contribution in [3.05, 3.63) is 227 Å². The van der Waals surface area contributed by atoms with E-state index in [1.54, 1.807) is 0 Å². The molecule has 0 saturated heterocycles. The molecule has 0 bridgehead atoms. The van der Waals surface area contributed by atoms with Crippen LogP contribution >= 0.6 is 0 Å². The van der Waals surface area contributed by atoms with E-state index in [-0.39, 0.29) is 5.41 Å². The Kier molecular flexibility index (Phi) is 10.4. The molecular weight excluding hydrogens is 976 g/mol. The Bertz CT molecular complexity index is 3380. The van der Waals surface area contributed by atoms with Gasteiger partial charge in [0.1, 0.15) is 0 Å². The van der Waals surface area contributed by atoms with Crippen molar-refractivity contribution in [2.24, 2.45) is 0 Å². The Labute approximate surface area is 390 Å². The molecule has 0 amide bonds. The van der Waals surface area contributed by atoms with Gasteiger partial charge in [-0.3, -0.25) is 0 Å². The standard InChI is InChI=1S/C59H46N4O.Pt/c1-59(2,3)46-33-34-60-57(36-46)61-39-45-35-44(41-17-7-4-8-18-41)29-31-50(45)53-32-30-49(38-56(53)61)64-48-24-15-23-47(37-48)62-40-63(55-28-14-13-27-54(55)62)58-51(42-19-9-5-10-20-42)25-16-26-52(58)43-21-11-6-12-22-43;/h4-38H,39H2,1-3H3;. The molecule has 6 heteroatoms. The van der Waals surface area contributed by atoms with Crippen LogP contribution in [-0.2, 0) is 31.3 Å². The molecule has 1 aliphatic rings. The van der Waals surface area contributed by atoms with Crippen molar-refractivity contribution in [1.29, 1.82) is 0 Å². The molecule has 8 aromatic carbocycles. The minimum atomic E-state index is -0.0255. The van der Waals surface area contributed by atoms with Gasteiger partial charge in [0.2, 0.25) is 0 Å². The zero-order valence-corrected chi connectivity index (χ0v) is 38.7. The van der Waals surface area contributed by atoms with E-state index in [0.717, 1.165) is 77.0 Å². The number of hydrogen-bond acceptors (Lipinski definition) is 3. The number of pyridine rings is 1. The third-order valence-electron chi connectivity index (χ3n) is 12.4. The van der Waals surface area contributed by atoms with E-state index in [0.29, 0.717) is 6.54 Å². The van der Waals surface area contributed by atoms with E-state index >= 15 is 0 Å². The molecule has 0 N–H and O–H groups in total. The van der Waals surface area contributed by atoms with Crippen LogP contribution in [0.3, 0.4) is 0 Å². The summed E-state index contributed by atoms with van der Waals surface area (Å²) in [5.41, 5.74) is 17.3. The Morgan fingerprint density at radius 3 is 1.77 bits per heavy atom. The van der Waals surface area contributed by atoms with E-state index in [1.165, 1.54) is 27.8 Å². The summed E-state index contributed by atoms with van der Waals surface area (Å²) in [5.74, 6) is 2.43. The van der Waals surface area contributed by atoms with Gasteiger partial charge >= 0.3 is 296 Å². The molecule has 10 aromatic rings. The fraction of sp³-hybridized carbons (Fsp3) is 0.0847. The second kappa shape index (κ2) is 16.7. The van der Waals surface area contributed by atoms with Gasteiger partial charge in [-0.25, -0.2) is 0 Å². The number of rotatable bonds is 8. The van der Waals surface area contributed by atoms with Crippen molar-refractivity contribution >= 4 is 22.5 Å². The maximum atomic E-state index is 6.86. The predicted molar refractivity (Wildman–Crippen MR) is 263 cm³/mol. The zero-order valence-electron chi connectivity index (χ0n) is 36.4. The van der Waals surface area contributed by atoms with Gasteiger partial charge in [0.25, 0.3) is 0 Å². The van der Waals surface area contributed by atoms with Crippen molar-refractivity contribution in [3.8, 4) is 67.4 Å². The SMILES string of the molecule is CC(C)(C)c1ccnc(N2Cc3cc(-c4ccccc4)ccc3-c3ccc(Oc4cccc(-n5[c](=[Pt])n(-c6c(-c7ccccc7)cccc6-c6ccccc6)c6ccccc65)c4)cc32)c1. The van der Waals surface area contributed by atoms with Crippen LogP contribution in [-0.4, -0.2) is 14.1 Å². The molecule has 1 aliphatic heterocycles. The summed E-state index contributed by atoms with van der Waals surface area (Å²) in [5, 5.41) is 0. The quantitative estimate of drug-likeness (QED) is 0.152. The summed E-state index contributed by atoms with van der Waals surface area (Å²) in [6.07, 6.45) is 1.94. The van der Waals surface area contributed by atoms with E-state index < -0.39 is 0 Å². The predicted octanol–water partition coefficient (Wildman–Crippen LogP) is 15.3. The van der Waals surface area contributed by atoms with Gasteiger partial charge in [-0.2, -0.15) is 0 Å². The van der Waals surface area contributed by atoms with Gasteiger partial charge in [-0.1, -0.05) is 57.2 Å². The number of ether oxygens (including phenoxy) is 1. The summed E-state index contributed by atoms with van der Waals surface area (Å²) in [6.45, 7) is 7.43. The topological polar surface area (TPSA) is 35.2 Å². The third kappa shape index (κ3) is 7.56. The van der Waals surface area contributed by atoms with Crippen LogP contribution in [0, 0.1) is 3.80 Å². The number of para-hydroxylation sites is 3. The number of imidazole rings is 1. The number of benzene rings is 8. The van der Waals surface area contributed by atoms with Gasteiger partial charge in [0.15, 0.2) is 0 Å². The van der Waals surface area contributed by atoms with Crippen LogP contribution in [0.1, 0.15) is 31.9 Å². The Morgan fingerprint density at radius 1 is 0.492 bits per heavy atom. The van der Waals surface area contributed by atoms with Gasteiger partial charge in [-0.15, -0.1) is 0 Å². The molecule has 65 heavy (non-hydrogen) atoms. The first kappa shape index (κ1) is 40.4. The average Bonchev–Trinajstić information content (AvgIpc) is 3.65. The first-order chi connectivity index (χ1) is 31.8. The second-order valence-electron chi connectivity index (χ2n) is 17.6. The molecule has 0 radical (unpaired) electrons. The van der Waals surface area contributed by atoms with Gasteiger partial charge < -0.3 is 0 Å². The average molecular weight is 1020 g/mol. The zero-order chi connectivity index (χ0) is 44.1. The molecular formula is C59H46N4OPt. The minimum absolute atomic E-state index is 0.0255. The van der Waals surface area contributed by atoms with Gasteiger partial charge in [0, 0.05) is 6.20 Å². The Hall–Kier alpha value is -7.33. The summed E-state index contributed by atoms with van der Waals surface area (Å²) in [7, 11) is 0. The van der Waals surface area contributed by atoms with Crippen LogP contribution in [0.25, 0.3) is 66.9 Å². The number of hydrogen-bond donors (Lipinski definition) is 0. The summed E-state index contributed by atoms with van der Waals surface area (Å²) in [6, 6.07) is 73.4. The van der Waals surface area contributed by atoms with Crippen LogP contribution < -0.4 is 9.64 Å².